The maximum Gasteiger partial charge on any atom is 0.136 e. The minimum atomic E-state index is -0.119. The largest absolute Gasteiger partial charge is 0.299 e. The van der Waals surface area contributed by atoms with Crippen molar-refractivity contribution in [1.29, 1.82) is 0 Å². The predicted octanol–water partition coefficient (Wildman–Crippen LogP) is 4.23. The van der Waals surface area contributed by atoms with E-state index in [-0.39, 0.29) is 10.8 Å². The van der Waals surface area contributed by atoms with Crippen LogP contribution < -0.4 is 0 Å². The number of hydrogen-bond acceptors (Lipinski definition) is 1. The van der Waals surface area contributed by atoms with Gasteiger partial charge in [0.1, 0.15) is 5.78 Å². The van der Waals surface area contributed by atoms with E-state index in [1.807, 2.05) is 0 Å². The molecular formula is C15H26O. The summed E-state index contributed by atoms with van der Waals surface area (Å²) in [6.45, 7) is 12.6. The van der Waals surface area contributed by atoms with Crippen LogP contribution in [0.4, 0.5) is 0 Å². The summed E-state index contributed by atoms with van der Waals surface area (Å²) in [6.07, 6.45) is 6.98. The summed E-state index contributed by atoms with van der Waals surface area (Å²) >= 11 is 0. The summed E-state index contributed by atoms with van der Waals surface area (Å²) in [5.74, 6) is 1.46. The molecule has 1 saturated carbocycles. The van der Waals surface area contributed by atoms with Crippen molar-refractivity contribution in [2.75, 3.05) is 0 Å². The molecule has 0 aromatic rings. The first-order valence-corrected chi connectivity index (χ1v) is 6.51. The van der Waals surface area contributed by atoms with Crippen LogP contribution >= 0.6 is 0 Å². The highest BCUT2D eigenvalue weighted by atomic mass is 16.1. The SMILES string of the molecule is CC(=O)C1(C)[C@@H]2C=C[C@@H](C2)C1(C)C.CCC. The van der Waals surface area contributed by atoms with Crippen molar-refractivity contribution < 1.29 is 4.79 Å². The fourth-order valence-corrected chi connectivity index (χ4v) is 3.24. The molecule has 2 rings (SSSR count). The van der Waals surface area contributed by atoms with E-state index < -0.39 is 0 Å². The molecule has 0 radical (unpaired) electrons. The summed E-state index contributed by atoms with van der Waals surface area (Å²) < 4.78 is 0. The average molecular weight is 222 g/mol. The number of allylic oxidation sites excluding steroid dienone is 2. The minimum Gasteiger partial charge on any atom is -0.299 e. The molecule has 2 aliphatic rings. The van der Waals surface area contributed by atoms with Crippen molar-refractivity contribution in [3.05, 3.63) is 12.2 Å². The maximum atomic E-state index is 11.7. The molecular weight excluding hydrogens is 196 g/mol. The molecule has 0 heterocycles. The van der Waals surface area contributed by atoms with Gasteiger partial charge >= 0.3 is 0 Å². The van der Waals surface area contributed by atoms with Crippen LogP contribution in [0.25, 0.3) is 0 Å². The van der Waals surface area contributed by atoms with Crippen LogP contribution in [0.3, 0.4) is 0 Å². The summed E-state index contributed by atoms with van der Waals surface area (Å²) in [5, 5.41) is 0. The van der Waals surface area contributed by atoms with Crippen LogP contribution in [-0.2, 0) is 4.79 Å². The molecule has 1 nitrogen and oxygen atoms in total. The van der Waals surface area contributed by atoms with E-state index in [0.717, 1.165) is 0 Å². The molecule has 0 amide bonds. The first kappa shape index (κ1) is 13.5. The lowest BCUT2D eigenvalue weighted by atomic mass is 9.59. The fourth-order valence-electron chi connectivity index (χ4n) is 3.24. The van der Waals surface area contributed by atoms with Crippen LogP contribution in [0.5, 0.6) is 0 Å². The normalized spacial score (nSPS) is 38.1. The summed E-state index contributed by atoms with van der Waals surface area (Å²) in [5.41, 5.74) is 0.0324. The van der Waals surface area contributed by atoms with E-state index in [1.165, 1.54) is 12.8 Å². The Morgan fingerprint density at radius 2 is 1.62 bits per heavy atom. The highest BCUT2D eigenvalue weighted by molar-refractivity contribution is 5.84. The molecule has 92 valence electrons. The summed E-state index contributed by atoms with van der Waals surface area (Å²) in [4.78, 5) is 11.7. The second-order valence-electron chi connectivity index (χ2n) is 6.02. The van der Waals surface area contributed by atoms with Gasteiger partial charge in [0.25, 0.3) is 0 Å². The molecule has 1 fully saturated rings. The number of carbonyl (C=O) groups excluding carboxylic acids is 1. The van der Waals surface area contributed by atoms with Gasteiger partial charge in [-0.2, -0.15) is 0 Å². The van der Waals surface area contributed by atoms with E-state index in [4.69, 9.17) is 0 Å². The molecule has 1 unspecified atom stereocenters. The lowest BCUT2D eigenvalue weighted by molar-refractivity contribution is -0.133. The Hall–Kier alpha value is -0.590. The number of Topliss-reactive ketones (excluding diaryl/α,β-unsaturated/α-hetero) is 1. The van der Waals surface area contributed by atoms with Gasteiger partial charge in [-0.15, -0.1) is 0 Å². The Kier molecular flexibility index (Phi) is 3.66. The highest BCUT2D eigenvalue weighted by Crippen LogP contribution is 2.63. The smallest absolute Gasteiger partial charge is 0.136 e. The Morgan fingerprint density at radius 3 is 1.88 bits per heavy atom. The van der Waals surface area contributed by atoms with E-state index in [0.29, 0.717) is 17.6 Å². The molecule has 16 heavy (non-hydrogen) atoms. The number of fused-ring (bicyclic) bond motifs is 2. The van der Waals surface area contributed by atoms with Gasteiger partial charge in [-0.05, 0) is 30.6 Å². The van der Waals surface area contributed by atoms with Crippen molar-refractivity contribution >= 4 is 5.78 Å². The highest BCUT2D eigenvalue weighted by Gasteiger charge is 2.60. The number of hydrogen-bond donors (Lipinski definition) is 0. The zero-order valence-electron chi connectivity index (χ0n) is 11.6. The van der Waals surface area contributed by atoms with E-state index >= 15 is 0 Å². The van der Waals surface area contributed by atoms with Crippen LogP contribution in [-0.4, -0.2) is 5.78 Å². The Balaban J connectivity index is 0.000000386. The van der Waals surface area contributed by atoms with Crippen LogP contribution in [0.2, 0.25) is 0 Å². The molecule has 0 N–H and O–H groups in total. The quantitative estimate of drug-likeness (QED) is 0.607. The van der Waals surface area contributed by atoms with Crippen molar-refractivity contribution in [2.45, 2.75) is 54.4 Å². The molecule has 0 aromatic heterocycles. The molecule has 2 aliphatic carbocycles. The average Bonchev–Trinajstić information content (AvgIpc) is 2.71. The zero-order chi connectivity index (χ0) is 12.6. The van der Waals surface area contributed by atoms with Gasteiger partial charge in [-0.3, -0.25) is 4.79 Å². The second-order valence-corrected chi connectivity index (χ2v) is 6.02. The zero-order valence-corrected chi connectivity index (χ0v) is 11.6. The lowest BCUT2D eigenvalue weighted by Crippen LogP contribution is -2.44. The van der Waals surface area contributed by atoms with Gasteiger partial charge in [0.2, 0.25) is 0 Å². The third-order valence-corrected chi connectivity index (χ3v) is 4.82. The van der Waals surface area contributed by atoms with Crippen molar-refractivity contribution in [3.63, 3.8) is 0 Å². The van der Waals surface area contributed by atoms with Gasteiger partial charge in [0.05, 0.1) is 0 Å². The van der Waals surface area contributed by atoms with Gasteiger partial charge in [-0.1, -0.05) is 53.2 Å². The molecule has 3 atom stereocenters. The number of rotatable bonds is 1. The van der Waals surface area contributed by atoms with E-state index in [1.54, 1.807) is 6.92 Å². The first-order chi connectivity index (χ1) is 7.32. The van der Waals surface area contributed by atoms with Gasteiger partial charge < -0.3 is 0 Å². The summed E-state index contributed by atoms with van der Waals surface area (Å²) in [6, 6.07) is 0. The molecule has 0 spiro atoms. The van der Waals surface area contributed by atoms with Crippen molar-refractivity contribution in [2.24, 2.45) is 22.7 Å². The van der Waals surface area contributed by atoms with Gasteiger partial charge in [-0.25, -0.2) is 0 Å². The van der Waals surface area contributed by atoms with Crippen LogP contribution in [0.15, 0.2) is 12.2 Å². The Morgan fingerprint density at radius 1 is 1.19 bits per heavy atom. The fraction of sp³-hybridized carbons (Fsp3) is 0.800. The van der Waals surface area contributed by atoms with Crippen molar-refractivity contribution in [3.8, 4) is 0 Å². The standard InChI is InChI=1S/C12H18O.C3H8/c1-8(13)12(4)10-6-5-9(7-10)11(12,2)3;1-3-2/h5-6,9-10H,7H2,1-4H3;3H2,1-2H3/t9-,10+,12?;/m0./s1. The lowest BCUT2D eigenvalue weighted by Gasteiger charge is -2.43. The van der Waals surface area contributed by atoms with Gasteiger partial charge in [0.15, 0.2) is 0 Å². The Bertz CT molecular complexity index is 301. The van der Waals surface area contributed by atoms with Gasteiger partial charge in [0, 0.05) is 5.41 Å². The molecule has 0 saturated heterocycles. The first-order valence-electron chi connectivity index (χ1n) is 6.51. The van der Waals surface area contributed by atoms with Crippen LogP contribution in [0.1, 0.15) is 54.4 Å². The number of carbonyl (C=O) groups is 1. The monoisotopic (exact) mass is 222 g/mol. The number of ketones is 1. The topological polar surface area (TPSA) is 17.1 Å². The Labute approximate surface area is 100 Å². The van der Waals surface area contributed by atoms with Crippen LogP contribution in [0, 0.1) is 22.7 Å². The van der Waals surface area contributed by atoms with E-state index in [2.05, 4.69) is 46.8 Å². The van der Waals surface area contributed by atoms with E-state index in [9.17, 15) is 4.79 Å². The second kappa shape index (κ2) is 4.35. The molecule has 0 aromatic carbocycles. The third-order valence-electron chi connectivity index (χ3n) is 4.82. The molecule has 2 bridgehead atoms. The molecule has 0 aliphatic heterocycles. The summed E-state index contributed by atoms with van der Waals surface area (Å²) in [7, 11) is 0. The predicted molar refractivity (Wildman–Crippen MR) is 69.3 cm³/mol. The van der Waals surface area contributed by atoms with Crippen molar-refractivity contribution in [1.82, 2.24) is 0 Å². The maximum absolute atomic E-state index is 11.7. The third kappa shape index (κ3) is 1.65. The minimum absolute atomic E-state index is 0.119. The molecule has 1 heteroatoms.